The molecule has 74 valence electrons. The number of aromatic nitrogens is 1. The Hall–Kier alpha value is -0.870. The molecule has 2 N–H and O–H groups in total. The van der Waals surface area contributed by atoms with Gasteiger partial charge in [-0.3, -0.25) is 0 Å². The van der Waals surface area contributed by atoms with Gasteiger partial charge in [0.1, 0.15) is 5.76 Å². The number of nitrogens with zero attached hydrogens (tertiary/aromatic N) is 1. The summed E-state index contributed by atoms with van der Waals surface area (Å²) in [4.78, 5) is 0. The highest BCUT2D eigenvalue weighted by Crippen LogP contribution is 2.11. The molecule has 0 saturated carbocycles. The zero-order valence-electron chi connectivity index (χ0n) is 8.29. The quantitative estimate of drug-likeness (QED) is 0.725. The molecule has 0 fully saturated rings. The van der Waals surface area contributed by atoms with Crippen LogP contribution in [0.1, 0.15) is 23.9 Å². The normalized spacial score (nSPS) is 13.2. The number of hydrogen-bond acceptors (Lipinski definition) is 4. The predicted molar refractivity (Wildman–Crippen MR) is 49.4 cm³/mol. The first-order valence-corrected chi connectivity index (χ1v) is 4.41. The van der Waals surface area contributed by atoms with Crippen molar-refractivity contribution in [1.29, 1.82) is 0 Å². The third-order valence-corrected chi connectivity index (χ3v) is 1.92. The molecule has 0 aliphatic heterocycles. The van der Waals surface area contributed by atoms with Crippen LogP contribution in [-0.4, -0.2) is 22.9 Å². The van der Waals surface area contributed by atoms with Gasteiger partial charge in [0, 0.05) is 18.7 Å². The van der Waals surface area contributed by atoms with E-state index in [1.807, 2.05) is 13.8 Å². The van der Waals surface area contributed by atoms with Crippen LogP contribution in [0.4, 0.5) is 0 Å². The maximum atomic E-state index is 9.02. The summed E-state index contributed by atoms with van der Waals surface area (Å²) in [5.41, 5.74) is 2.00. The van der Waals surface area contributed by atoms with Crippen LogP contribution in [0.2, 0.25) is 0 Å². The highest BCUT2D eigenvalue weighted by Gasteiger charge is 2.07. The summed E-state index contributed by atoms with van der Waals surface area (Å²) < 4.78 is 5.00. The average Bonchev–Trinajstić information content (AvgIpc) is 2.34. The monoisotopic (exact) mass is 184 g/mol. The minimum Gasteiger partial charge on any atom is -0.392 e. The molecular weight excluding hydrogens is 168 g/mol. The summed E-state index contributed by atoms with van der Waals surface area (Å²) in [5, 5.41) is 16.0. The van der Waals surface area contributed by atoms with Crippen molar-refractivity contribution < 1.29 is 9.63 Å². The Balaban J connectivity index is 2.44. The molecule has 0 amide bonds. The van der Waals surface area contributed by atoms with Crippen LogP contribution in [0.15, 0.2) is 4.52 Å². The van der Waals surface area contributed by atoms with Gasteiger partial charge in [0.2, 0.25) is 0 Å². The van der Waals surface area contributed by atoms with Crippen molar-refractivity contribution in [3.05, 3.63) is 17.0 Å². The molecule has 0 aliphatic rings. The fraction of sp³-hybridized carbons (Fsp3) is 0.667. The molecule has 13 heavy (non-hydrogen) atoms. The van der Waals surface area contributed by atoms with E-state index in [1.165, 1.54) is 0 Å². The van der Waals surface area contributed by atoms with Gasteiger partial charge in [-0.1, -0.05) is 5.16 Å². The van der Waals surface area contributed by atoms with E-state index in [2.05, 4.69) is 10.5 Å². The summed E-state index contributed by atoms with van der Waals surface area (Å²) in [6, 6.07) is 0. The minimum absolute atomic E-state index is 0.319. The van der Waals surface area contributed by atoms with E-state index in [4.69, 9.17) is 9.63 Å². The van der Waals surface area contributed by atoms with Crippen LogP contribution in [0, 0.1) is 13.8 Å². The van der Waals surface area contributed by atoms with Gasteiger partial charge in [-0.05, 0) is 20.8 Å². The van der Waals surface area contributed by atoms with Crippen molar-refractivity contribution in [1.82, 2.24) is 10.5 Å². The van der Waals surface area contributed by atoms with E-state index in [1.54, 1.807) is 6.92 Å². The minimum atomic E-state index is -0.319. The van der Waals surface area contributed by atoms with Crippen LogP contribution in [0.5, 0.6) is 0 Å². The van der Waals surface area contributed by atoms with Crippen molar-refractivity contribution in [2.24, 2.45) is 0 Å². The van der Waals surface area contributed by atoms with Crippen LogP contribution in [-0.2, 0) is 6.54 Å². The third-order valence-electron chi connectivity index (χ3n) is 1.92. The molecule has 1 aromatic heterocycles. The first-order chi connectivity index (χ1) is 6.11. The third kappa shape index (κ3) is 2.82. The van der Waals surface area contributed by atoms with E-state index >= 15 is 0 Å². The van der Waals surface area contributed by atoms with Crippen molar-refractivity contribution in [3.8, 4) is 0 Å². The molecule has 1 atom stereocenters. The van der Waals surface area contributed by atoms with Gasteiger partial charge in [-0.15, -0.1) is 0 Å². The zero-order valence-corrected chi connectivity index (χ0v) is 8.29. The topological polar surface area (TPSA) is 58.3 Å². The second-order valence-corrected chi connectivity index (χ2v) is 3.28. The van der Waals surface area contributed by atoms with Gasteiger partial charge in [0.05, 0.1) is 11.8 Å². The zero-order chi connectivity index (χ0) is 9.84. The largest absolute Gasteiger partial charge is 0.392 e. The lowest BCUT2D eigenvalue weighted by molar-refractivity contribution is 0.191. The lowest BCUT2D eigenvalue weighted by Crippen LogP contribution is -2.24. The fourth-order valence-electron chi connectivity index (χ4n) is 1.16. The van der Waals surface area contributed by atoms with Gasteiger partial charge in [-0.2, -0.15) is 0 Å². The molecule has 0 saturated heterocycles. The molecule has 1 unspecified atom stereocenters. The summed E-state index contributed by atoms with van der Waals surface area (Å²) >= 11 is 0. The summed E-state index contributed by atoms with van der Waals surface area (Å²) in [7, 11) is 0. The van der Waals surface area contributed by atoms with Crippen LogP contribution >= 0.6 is 0 Å². The maximum absolute atomic E-state index is 9.02. The standard InChI is InChI=1S/C9H16N2O2/c1-6(12)4-10-5-9-7(2)11-13-8(9)3/h6,10,12H,4-5H2,1-3H3. The second kappa shape index (κ2) is 4.39. The first-order valence-electron chi connectivity index (χ1n) is 4.41. The van der Waals surface area contributed by atoms with Crippen LogP contribution < -0.4 is 5.32 Å². The van der Waals surface area contributed by atoms with E-state index in [0.29, 0.717) is 13.1 Å². The number of rotatable bonds is 4. The van der Waals surface area contributed by atoms with Crippen molar-refractivity contribution in [2.45, 2.75) is 33.4 Å². The first kappa shape index (κ1) is 10.2. The van der Waals surface area contributed by atoms with Gasteiger partial charge in [0.25, 0.3) is 0 Å². The Morgan fingerprint density at radius 2 is 2.23 bits per heavy atom. The molecular formula is C9H16N2O2. The van der Waals surface area contributed by atoms with E-state index in [0.717, 1.165) is 17.0 Å². The smallest absolute Gasteiger partial charge is 0.138 e. The Bertz CT molecular complexity index is 249. The lowest BCUT2D eigenvalue weighted by atomic mass is 10.2. The molecule has 1 rings (SSSR count). The van der Waals surface area contributed by atoms with Gasteiger partial charge in [0.15, 0.2) is 0 Å². The molecule has 0 bridgehead atoms. The molecule has 4 nitrogen and oxygen atoms in total. The molecule has 0 radical (unpaired) electrons. The van der Waals surface area contributed by atoms with Gasteiger partial charge < -0.3 is 14.9 Å². The Morgan fingerprint density at radius 3 is 2.69 bits per heavy atom. The lowest BCUT2D eigenvalue weighted by Gasteiger charge is -2.05. The van der Waals surface area contributed by atoms with E-state index in [-0.39, 0.29) is 6.10 Å². The summed E-state index contributed by atoms with van der Waals surface area (Å²) in [6.45, 7) is 6.84. The summed E-state index contributed by atoms with van der Waals surface area (Å²) in [6.07, 6.45) is -0.319. The van der Waals surface area contributed by atoms with Crippen LogP contribution in [0.25, 0.3) is 0 Å². The molecule has 4 heteroatoms. The fourth-order valence-corrected chi connectivity index (χ4v) is 1.16. The second-order valence-electron chi connectivity index (χ2n) is 3.28. The highest BCUT2D eigenvalue weighted by atomic mass is 16.5. The number of aryl methyl sites for hydroxylation is 2. The Kier molecular flexibility index (Phi) is 3.45. The number of hydrogen-bond donors (Lipinski definition) is 2. The number of aliphatic hydroxyl groups excluding tert-OH is 1. The molecule has 1 aromatic rings. The van der Waals surface area contributed by atoms with Crippen molar-refractivity contribution in [3.63, 3.8) is 0 Å². The van der Waals surface area contributed by atoms with E-state index < -0.39 is 0 Å². The van der Waals surface area contributed by atoms with Crippen LogP contribution in [0.3, 0.4) is 0 Å². The maximum Gasteiger partial charge on any atom is 0.138 e. The van der Waals surface area contributed by atoms with Gasteiger partial charge >= 0.3 is 0 Å². The summed E-state index contributed by atoms with van der Waals surface area (Å²) in [5.74, 6) is 0.843. The number of nitrogens with one attached hydrogen (secondary N) is 1. The Morgan fingerprint density at radius 1 is 1.54 bits per heavy atom. The average molecular weight is 184 g/mol. The van der Waals surface area contributed by atoms with E-state index in [9.17, 15) is 0 Å². The van der Waals surface area contributed by atoms with Crippen molar-refractivity contribution >= 4 is 0 Å². The Labute approximate surface area is 77.9 Å². The SMILES string of the molecule is Cc1noc(C)c1CNCC(C)O. The van der Waals surface area contributed by atoms with Gasteiger partial charge in [-0.25, -0.2) is 0 Å². The molecule has 0 spiro atoms. The van der Waals surface area contributed by atoms with Crippen molar-refractivity contribution in [2.75, 3.05) is 6.54 Å². The predicted octanol–water partition coefficient (Wildman–Crippen LogP) is 0.762. The highest BCUT2D eigenvalue weighted by molar-refractivity contribution is 5.20. The molecule has 0 aromatic carbocycles. The number of aliphatic hydroxyl groups is 1. The molecule has 1 heterocycles. The molecule has 0 aliphatic carbocycles.